The Kier molecular flexibility index (Phi) is 4.62. The van der Waals surface area contributed by atoms with Gasteiger partial charge in [0.05, 0.1) is 0 Å². The van der Waals surface area contributed by atoms with Crippen molar-refractivity contribution >= 4 is 12.2 Å². The van der Waals surface area contributed by atoms with Crippen LogP contribution in [0.25, 0.3) is 22.6 Å². The van der Waals surface area contributed by atoms with E-state index in [9.17, 15) is 0 Å². The first-order valence-corrected chi connectivity index (χ1v) is 5.85. The molecule has 94 valence electrons. The molecule has 0 radical (unpaired) electrons. The standard InChI is InChI=1S/C15H13N3O/c16-18-17-12-19-15-10-8-14(9-11-15)7-6-13-4-2-1-3-5-13/h1-11H,12H2/b7-6+. The first-order valence-electron chi connectivity index (χ1n) is 5.85. The third kappa shape index (κ3) is 4.22. The van der Waals surface area contributed by atoms with Crippen LogP contribution in [0.15, 0.2) is 59.7 Å². The van der Waals surface area contributed by atoms with E-state index in [1.165, 1.54) is 0 Å². The highest BCUT2D eigenvalue weighted by molar-refractivity contribution is 5.69. The molecule has 0 saturated carbocycles. The summed E-state index contributed by atoms with van der Waals surface area (Å²) in [7, 11) is 0. The predicted octanol–water partition coefficient (Wildman–Crippen LogP) is 4.50. The third-order valence-electron chi connectivity index (χ3n) is 2.50. The second-order valence-electron chi connectivity index (χ2n) is 3.82. The minimum Gasteiger partial charge on any atom is -0.488 e. The van der Waals surface area contributed by atoms with E-state index in [0.717, 1.165) is 11.1 Å². The van der Waals surface area contributed by atoms with Crippen molar-refractivity contribution in [3.8, 4) is 5.75 Å². The van der Waals surface area contributed by atoms with Crippen molar-refractivity contribution in [1.29, 1.82) is 0 Å². The summed E-state index contributed by atoms with van der Waals surface area (Å²) >= 11 is 0. The molecule has 4 nitrogen and oxygen atoms in total. The van der Waals surface area contributed by atoms with Gasteiger partial charge in [-0.05, 0) is 28.8 Å². The van der Waals surface area contributed by atoms with Gasteiger partial charge < -0.3 is 4.74 Å². The van der Waals surface area contributed by atoms with E-state index in [1.54, 1.807) is 0 Å². The number of nitrogens with zero attached hydrogens (tertiary/aromatic N) is 3. The van der Waals surface area contributed by atoms with Crippen molar-refractivity contribution in [3.63, 3.8) is 0 Å². The van der Waals surface area contributed by atoms with Gasteiger partial charge in [-0.15, -0.1) is 0 Å². The van der Waals surface area contributed by atoms with Gasteiger partial charge in [-0.25, -0.2) is 0 Å². The minimum absolute atomic E-state index is 0.00962. The first-order chi connectivity index (χ1) is 9.38. The molecule has 4 heteroatoms. The van der Waals surface area contributed by atoms with Gasteiger partial charge in [0.15, 0.2) is 6.73 Å². The quantitative estimate of drug-likeness (QED) is 0.334. The topological polar surface area (TPSA) is 58.0 Å². The van der Waals surface area contributed by atoms with Crippen molar-refractivity contribution < 1.29 is 4.74 Å². The maximum absolute atomic E-state index is 8.14. The van der Waals surface area contributed by atoms with Gasteiger partial charge >= 0.3 is 0 Å². The fraction of sp³-hybridized carbons (Fsp3) is 0.0667. The molecule has 2 aromatic carbocycles. The number of benzene rings is 2. The molecule has 0 bridgehead atoms. The van der Waals surface area contributed by atoms with E-state index >= 15 is 0 Å². The molecule has 19 heavy (non-hydrogen) atoms. The molecule has 0 atom stereocenters. The fourth-order valence-electron chi connectivity index (χ4n) is 1.56. The van der Waals surface area contributed by atoms with Crippen LogP contribution in [0.2, 0.25) is 0 Å². The molecule has 2 rings (SSSR count). The second-order valence-corrected chi connectivity index (χ2v) is 3.82. The summed E-state index contributed by atoms with van der Waals surface area (Å²) in [6.07, 6.45) is 4.09. The predicted molar refractivity (Wildman–Crippen MR) is 76.5 cm³/mol. The Morgan fingerprint density at radius 2 is 1.58 bits per heavy atom. The highest BCUT2D eigenvalue weighted by Gasteiger charge is 1.92. The zero-order valence-corrected chi connectivity index (χ0v) is 10.3. The number of hydrogen-bond donors (Lipinski definition) is 0. The van der Waals surface area contributed by atoms with Crippen LogP contribution >= 0.6 is 0 Å². The molecule has 2 aromatic rings. The van der Waals surface area contributed by atoms with Gasteiger partial charge in [0, 0.05) is 4.91 Å². The van der Waals surface area contributed by atoms with Crippen molar-refractivity contribution in [2.75, 3.05) is 6.73 Å². The maximum atomic E-state index is 8.14. The Morgan fingerprint density at radius 3 is 2.21 bits per heavy atom. The van der Waals surface area contributed by atoms with Gasteiger partial charge in [0.1, 0.15) is 5.75 Å². The van der Waals surface area contributed by atoms with Crippen LogP contribution in [0.3, 0.4) is 0 Å². The van der Waals surface area contributed by atoms with Crippen molar-refractivity contribution in [3.05, 3.63) is 76.2 Å². The lowest BCUT2D eigenvalue weighted by Gasteiger charge is -2.02. The normalized spacial score (nSPS) is 10.1. The van der Waals surface area contributed by atoms with Gasteiger partial charge in [-0.3, -0.25) is 0 Å². The summed E-state index contributed by atoms with van der Waals surface area (Å²) in [5, 5.41) is 3.31. The molecule has 0 unspecified atom stereocenters. The van der Waals surface area contributed by atoms with E-state index in [4.69, 9.17) is 10.3 Å². The summed E-state index contributed by atoms with van der Waals surface area (Å²) in [6, 6.07) is 17.7. The molecule has 0 spiro atoms. The molecular formula is C15H13N3O. The summed E-state index contributed by atoms with van der Waals surface area (Å²) in [5.41, 5.74) is 10.4. The molecule has 0 aliphatic heterocycles. The van der Waals surface area contributed by atoms with Gasteiger partial charge in [0.2, 0.25) is 0 Å². The lowest BCUT2D eigenvalue weighted by Crippen LogP contribution is -1.91. The van der Waals surface area contributed by atoms with E-state index in [2.05, 4.69) is 16.1 Å². The molecular weight excluding hydrogens is 238 g/mol. The molecule has 0 aliphatic carbocycles. The van der Waals surface area contributed by atoms with Gasteiger partial charge in [-0.2, -0.15) is 0 Å². The number of hydrogen-bond acceptors (Lipinski definition) is 2. The Hall–Kier alpha value is -2.71. The van der Waals surface area contributed by atoms with Crippen molar-refractivity contribution in [2.45, 2.75) is 0 Å². The molecule has 0 aliphatic rings. The maximum Gasteiger partial charge on any atom is 0.167 e. The summed E-state index contributed by atoms with van der Waals surface area (Å²) in [6.45, 7) is 0.00962. The second kappa shape index (κ2) is 6.89. The molecule has 0 fully saturated rings. The summed E-state index contributed by atoms with van der Waals surface area (Å²) < 4.78 is 5.22. The largest absolute Gasteiger partial charge is 0.488 e. The zero-order chi connectivity index (χ0) is 13.3. The Balaban J connectivity index is 1.98. The average Bonchev–Trinajstić information content (AvgIpc) is 2.48. The van der Waals surface area contributed by atoms with Crippen molar-refractivity contribution in [2.24, 2.45) is 5.11 Å². The lowest BCUT2D eigenvalue weighted by atomic mass is 10.1. The third-order valence-corrected chi connectivity index (χ3v) is 2.50. The van der Waals surface area contributed by atoms with Crippen LogP contribution in [0.1, 0.15) is 11.1 Å². The van der Waals surface area contributed by atoms with E-state index < -0.39 is 0 Å². The fourth-order valence-corrected chi connectivity index (χ4v) is 1.56. The molecule has 0 saturated heterocycles. The molecule has 0 amide bonds. The van der Waals surface area contributed by atoms with Gasteiger partial charge in [0.25, 0.3) is 0 Å². The molecule has 0 heterocycles. The van der Waals surface area contributed by atoms with Crippen LogP contribution < -0.4 is 4.74 Å². The summed E-state index contributed by atoms with van der Waals surface area (Å²) in [4.78, 5) is 2.62. The first kappa shape index (κ1) is 12.7. The summed E-state index contributed by atoms with van der Waals surface area (Å²) in [5.74, 6) is 0.685. The monoisotopic (exact) mass is 251 g/mol. The van der Waals surface area contributed by atoms with Crippen LogP contribution in [-0.2, 0) is 0 Å². The van der Waals surface area contributed by atoms with Gasteiger partial charge in [-0.1, -0.05) is 59.7 Å². The van der Waals surface area contributed by atoms with Crippen LogP contribution in [0.5, 0.6) is 5.75 Å². The average molecular weight is 251 g/mol. The Bertz CT molecular complexity index is 585. The highest BCUT2D eigenvalue weighted by Crippen LogP contribution is 2.14. The van der Waals surface area contributed by atoms with E-state index in [0.29, 0.717) is 5.75 Å². The van der Waals surface area contributed by atoms with E-state index in [-0.39, 0.29) is 6.73 Å². The number of azide groups is 1. The van der Waals surface area contributed by atoms with Crippen LogP contribution in [0.4, 0.5) is 0 Å². The Morgan fingerprint density at radius 1 is 0.947 bits per heavy atom. The van der Waals surface area contributed by atoms with E-state index in [1.807, 2.05) is 60.7 Å². The van der Waals surface area contributed by atoms with Crippen LogP contribution in [-0.4, -0.2) is 6.73 Å². The SMILES string of the molecule is [N-]=[N+]=NCOc1ccc(/C=C/c2ccccc2)cc1. The zero-order valence-electron chi connectivity index (χ0n) is 10.3. The van der Waals surface area contributed by atoms with Crippen LogP contribution in [0, 0.1) is 0 Å². The molecule has 0 N–H and O–H groups in total. The lowest BCUT2D eigenvalue weighted by molar-refractivity contribution is 0.329. The number of rotatable bonds is 5. The smallest absolute Gasteiger partial charge is 0.167 e. The highest BCUT2D eigenvalue weighted by atomic mass is 16.5. The number of ether oxygens (including phenoxy) is 1. The molecule has 0 aromatic heterocycles. The van der Waals surface area contributed by atoms with Crippen molar-refractivity contribution in [1.82, 2.24) is 0 Å². The Labute approximate surface area is 111 Å². The minimum atomic E-state index is 0.00962.